The summed E-state index contributed by atoms with van der Waals surface area (Å²) in [6.45, 7) is 5.41. The smallest absolute Gasteiger partial charge is 0.228 e. The first-order chi connectivity index (χ1) is 17.7. The first-order valence-corrected chi connectivity index (χ1v) is 12.8. The normalized spacial score (nSPS) is 27.9. The van der Waals surface area contributed by atoms with Gasteiger partial charge in [-0.15, -0.1) is 0 Å². The Morgan fingerprint density at radius 1 is 0.973 bits per heavy atom. The van der Waals surface area contributed by atoms with Gasteiger partial charge in [-0.05, 0) is 29.8 Å². The standard InChI is InChI=1S/C28H29ClF2N4O2/c1-17-13-35(14-18(2)28(17,37)19-3-6-21(30)7-4-19)27(36)25-16-34(23-9-22(31)11-32-12-23)15-24(25)26-8-5-20(29)10-33-26/h3-12,17-18,24-25,37H,13-16H2,1-2H3/t17-,18+,24-,25-,28?/m1/s1. The van der Waals surface area contributed by atoms with Crippen molar-refractivity contribution in [1.29, 1.82) is 0 Å². The minimum Gasteiger partial charge on any atom is -0.384 e. The maximum absolute atomic E-state index is 14.0. The molecule has 5 atom stereocenters. The van der Waals surface area contributed by atoms with Crippen molar-refractivity contribution in [2.24, 2.45) is 17.8 Å². The van der Waals surface area contributed by atoms with E-state index in [2.05, 4.69) is 9.97 Å². The first kappa shape index (κ1) is 25.5. The lowest BCUT2D eigenvalue weighted by Crippen LogP contribution is -2.57. The highest BCUT2D eigenvalue weighted by Crippen LogP contribution is 2.43. The number of piperidine rings is 1. The number of carbonyl (C=O) groups is 1. The molecule has 37 heavy (non-hydrogen) atoms. The molecule has 0 bridgehead atoms. The number of nitrogens with zero attached hydrogens (tertiary/aromatic N) is 4. The maximum Gasteiger partial charge on any atom is 0.228 e. The first-order valence-electron chi connectivity index (χ1n) is 12.4. The van der Waals surface area contributed by atoms with Gasteiger partial charge < -0.3 is 14.9 Å². The van der Waals surface area contributed by atoms with Crippen LogP contribution in [0.2, 0.25) is 5.02 Å². The van der Waals surface area contributed by atoms with Gasteiger partial charge in [0, 0.05) is 61.9 Å². The van der Waals surface area contributed by atoms with Crippen LogP contribution < -0.4 is 4.90 Å². The van der Waals surface area contributed by atoms with Crippen LogP contribution in [0.1, 0.15) is 31.0 Å². The van der Waals surface area contributed by atoms with Crippen molar-refractivity contribution in [2.75, 3.05) is 31.1 Å². The Kier molecular flexibility index (Phi) is 6.89. The summed E-state index contributed by atoms with van der Waals surface area (Å²) in [5.41, 5.74) is 0.821. The Labute approximate surface area is 219 Å². The zero-order valence-electron chi connectivity index (χ0n) is 20.7. The molecule has 2 aliphatic heterocycles. The van der Waals surface area contributed by atoms with E-state index in [-0.39, 0.29) is 29.5 Å². The van der Waals surface area contributed by atoms with E-state index in [0.717, 1.165) is 11.9 Å². The number of hydrogen-bond donors (Lipinski definition) is 1. The summed E-state index contributed by atoms with van der Waals surface area (Å²) >= 11 is 6.06. The summed E-state index contributed by atoms with van der Waals surface area (Å²) in [4.78, 5) is 26.2. The molecule has 0 radical (unpaired) electrons. The van der Waals surface area contributed by atoms with E-state index in [1.165, 1.54) is 18.2 Å². The number of amides is 1. The van der Waals surface area contributed by atoms with Crippen molar-refractivity contribution >= 4 is 23.2 Å². The number of aliphatic hydroxyl groups is 1. The van der Waals surface area contributed by atoms with E-state index < -0.39 is 17.3 Å². The number of rotatable bonds is 4. The molecule has 2 aromatic heterocycles. The molecule has 194 valence electrons. The average Bonchev–Trinajstić information content (AvgIpc) is 3.33. The van der Waals surface area contributed by atoms with Gasteiger partial charge in [-0.1, -0.05) is 37.6 Å². The second kappa shape index (κ2) is 9.99. The van der Waals surface area contributed by atoms with Crippen molar-refractivity contribution in [3.05, 3.63) is 89.0 Å². The van der Waals surface area contributed by atoms with E-state index in [1.54, 1.807) is 30.6 Å². The molecule has 2 fully saturated rings. The second-order valence-corrected chi connectivity index (χ2v) is 10.7. The minimum atomic E-state index is -1.18. The fraction of sp³-hybridized carbons (Fsp3) is 0.393. The molecule has 1 amide bonds. The van der Waals surface area contributed by atoms with Gasteiger partial charge in [0.15, 0.2) is 0 Å². The maximum atomic E-state index is 14.0. The largest absolute Gasteiger partial charge is 0.384 e. The number of aromatic nitrogens is 2. The lowest BCUT2D eigenvalue weighted by molar-refractivity contribution is -0.152. The highest BCUT2D eigenvalue weighted by molar-refractivity contribution is 6.30. The van der Waals surface area contributed by atoms with Crippen LogP contribution in [0.4, 0.5) is 14.5 Å². The molecule has 1 aromatic carbocycles. The van der Waals surface area contributed by atoms with Crippen molar-refractivity contribution in [1.82, 2.24) is 14.9 Å². The number of likely N-dealkylation sites (tertiary alicyclic amines) is 1. The van der Waals surface area contributed by atoms with Gasteiger partial charge in [0.2, 0.25) is 5.91 Å². The molecule has 9 heteroatoms. The monoisotopic (exact) mass is 526 g/mol. The van der Waals surface area contributed by atoms with Gasteiger partial charge >= 0.3 is 0 Å². The Morgan fingerprint density at radius 3 is 2.30 bits per heavy atom. The van der Waals surface area contributed by atoms with E-state index in [4.69, 9.17) is 11.6 Å². The average molecular weight is 527 g/mol. The molecule has 0 aliphatic carbocycles. The second-order valence-electron chi connectivity index (χ2n) is 10.3. The Hall–Kier alpha value is -3.10. The van der Waals surface area contributed by atoms with Gasteiger partial charge in [0.1, 0.15) is 11.6 Å². The van der Waals surface area contributed by atoms with Gasteiger partial charge in [-0.25, -0.2) is 8.78 Å². The molecule has 6 nitrogen and oxygen atoms in total. The minimum absolute atomic E-state index is 0.0338. The van der Waals surface area contributed by atoms with Crippen LogP contribution >= 0.6 is 11.6 Å². The summed E-state index contributed by atoms with van der Waals surface area (Å²) in [7, 11) is 0. The molecule has 2 aliphatic rings. The number of anilines is 1. The van der Waals surface area contributed by atoms with Gasteiger partial charge in [0.25, 0.3) is 0 Å². The third kappa shape index (κ3) is 4.80. The Bertz CT molecular complexity index is 1260. The topological polar surface area (TPSA) is 69.6 Å². The molecular formula is C28H29ClF2N4O2. The quantitative estimate of drug-likeness (QED) is 0.537. The van der Waals surface area contributed by atoms with E-state index >= 15 is 0 Å². The number of pyridine rings is 2. The fourth-order valence-electron chi connectivity index (χ4n) is 5.94. The summed E-state index contributed by atoms with van der Waals surface area (Å²) < 4.78 is 27.4. The van der Waals surface area contributed by atoms with Gasteiger partial charge in [-0.2, -0.15) is 0 Å². The van der Waals surface area contributed by atoms with Crippen LogP contribution in [-0.2, 0) is 10.4 Å². The molecule has 3 aromatic rings. The molecule has 1 unspecified atom stereocenters. The highest BCUT2D eigenvalue weighted by Gasteiger charge is 2.49. The predicted molar refractivity (Wildman–Crippen MR) is 137 cm³/mol. The SMILES string of the molecule is C[C@@H]1CN(C(=O)[C@@H]2CN(c3cncc(F)c3)C[C@H]2c2ccc(Cl)cn2)C[C@H](C)C1(O)c1ccc(F)cc1. The molecular weight excluding hydrogens is 498 g/mol. The van der Waals surface area contributed by atoms with Gasteiger partial charge in [0.05, 0.1) is 34.6 Å². The van der Waals surface area contributed by atoms with E-state index in [1.807, 2.05) is 29.7 Å². The Balaban J connectivity index is 1.41. The molecule has 5 rings (SSSR count). The molecule has 0 spiro atoms. The zero-order chi connectivity index (χ0) is 26.3. The molecule has 1 N–H and O–H groups in total. The van der Waals surface area contributed by atoms with E-state index in [0.29, 0.717) is 42.5 Å². The van der Waals surface area contributed by atoms with Crippen LogP contribution in [0.3, 0.4) is 0 Å². The number of benzene rings is 1. The van der Waals surface area contributed by atoms with Crippen LogP contribution in [0.15, 0.2) is 61.1 Å². The molecule has 0 saturated carbocycles. The van der Waals surface area contributed by atoms with Crippen LogP contribution in [0, 0.1) is 29.4 Å². The van der Waals surface area contributed by atoms with Crippen molar-refractivity contribution in [2.45, 2.75) is 25.4 Å². The predicted octanol–water partition coefficient (Wildman–Crippen LogP) is 4.63. The summed E-state index contributed by atoms with van der Waals surface area (Å²) in [6, 6.07) is 10.9. The van der Waals surface area contributed by atoms with Crippen LogP contribution in [-0.4, -0.2) is 52.1 Å². The summed E-state index contributed by atoms with van der Waals surface area (Å²) in [6.07, 6.45) is 4.31. The van der Waals surface area contributed by atoms with Crippen molar-refractivity contribution < 1.29 is 18.7 Å². The summed E-state index contributed by atoms with van der Waals surface area (Å²) in [5, 5.41) is 12.2. The van der Waals surface area contributed by atoms with Crippen molar-refractivity contribution in [3.8, 4) is 0 Å². The number of hydrogen-bond acceptors (Lipinski definition) is 5. The van der Waals surface area contributed by atoms with Crippen LogP contribution in [0.25, 0.3) is 0 Å². The zero-order valence-corrected chi connectivity index (χ0v) is 21.4. The third-order valence-electron chi connectivity index (χ3n) is 7.93. The van der Waals surface area contributed by atoms with Crippen molar-refractivity contribution in [3.63, 3.8) is 0 Å². The molecule has 2 saturated heterocycles. The number of halogens is 3. The fourth-order valence-corrected chi connectivity index (χ4v) is 6.06. The van der Waals surface area contributed by atoms with Gasteiger partial charge in [-0.3, -0.25) is 14.8 Å². The third-order valence-corrected chi connectivity index (χ3v) is 8.16. The van der Waals surface area contributed by atoms with E-state index in [9.17, 15) is 18.7 Å². The lowest BCUT2D eigenvalue weighted by Gasteiger charge is -2.48. The Morgan fingerprint density at radius 2 is 1.68 bits per heavy atom. The highest BCUT2D eigenvalue weighted by atomic mass is 35.5. The number of carbonyl (C=O) groups excluding carboxylic acids is 1. The summed E-state index contributed by atoms with van der Waals surface area (Å²) in [5.74, 6) is -2.03. The molecule has 4 heterocycles. The lowest BCUT2D eigenvalue weighted by atomic mass is 9.70. The van der Waals surface area contributed by atoms with Crippen LogP contribution in [0.5, 0.6) is 0 Å².